The van der Waals surface area contributed by atoms with Crippen LogP contribution in [0, 0.1) is 0 Å². The van der Waals surface area contributed by atoms with Gasteiger partial charge in [0.1, 0.15) is 0 Å². The topological polar surface area (TPSA) is 32.3 Å². The number of aliphatic hydroxyl groups is 1. The van der Waals surface area contributed by atoms with Crippen molar-refractivity contribution in [3.63, 3.8) is 0 Å². The Balaban J connectivity index is 3.14. The molecule has 0 aliphatic rings. The molecule has 0 radical (unpaired) electrons. The maximum Gasteiger partial charge on any atom is 0.0662 e. The Hall–Kier alpha value is -0.0800. The van der Waals surface area contributed by atoms with Crippen molar-refractivity contribution in [3.8, 4) is 0 Å². The normalized spacial score (nSPS) is 18.9. The highest BCUT2D eigenvalue weighted by atomic mass is 16.3. The zero-order valence-corrected chi connectivity index (χ0v) is 5.10. The molecule has 0 aliphatic carbocycles. The minimum atomic E-state index is -0.245. The number of aliphatic hydroxyl groups excluding tert-OH is 1. The van der Waals surface area contributed by atoms with Gasteiger partial charge in [0, 0.05) is 6.04 Å². The van der Waals surface area contributed by atoms with E-state index in [1.165, 1.54) is 0 Å². The van der Waals surface area contributed by atoms with E-state index in [9.17, 15) is 0 Å². The van der Waals surface area contributed by atoms with E-state index in [2.05, 4.69) is 5.32 Å². The van der Waals surface area contributed by atoms with Crippen LogP contribution >= 0.6 is 0 Å². The highest BCUT2D eigenvalue weighted by molar-refractivity contribution is 4.61. The molecule has 0 saturated heterocycles. The van der Waals surface area contributed by atoms with Crippen LogP contribution in [0.2, 0.25) is 0 Å². The molecule has 2 N–H and O–H groups in total. The fourth-order valence-corrected chi connectivity index (χ4v) is 0.241. The van der Waals surface area contributed by atoms with Gasteiger partial charge in [0.05, 0.1) is 6.10 Å². The molecule has 7 heavy (non-hydrogen) atoms. The molecule has 0 spiro atoms. The van der Waals surface area contributed by atoms with E-state index in [0.29, 0.717) is 0 Å². The minimum Gasteiger partial charge on any atom is -0.392 e. The summed E-state index contributed by atoms with van der Waals surface area (Å²) in [6.45, 7) is 3.70. The molecular weight excluding hydrogens is 90.1 g/mol. The van der Waals surface area contributed by atoms with Crippen molar-refractivity contribution >= 4 is 0 Å². The summed E-state index contributed by atoms with van der Waals surface area (Å²) in [6.07, 6.45) is -0.245. The monoisotopic (exact) mass is 103 g/mol. The highest BCUT2D eigenvalue weighted by Gasteiger charge is 2.02. The van der Waals surface area contributed by atoms with E-state index >= 15 is 0 Å². The number of likely N-dealkylation sites (N-methyl/N-ethyl adjacent to an activating group) is 1. The fourth-order valence-electron chi connectivity index (χ4n) is 0.241. The Bertz CT molecular complexity index is 45.3. The van der Waals surface area contributed by atoms with Crippen molar-refractivity contribution in [3.05, 3.63) is 0 Å². The predicted octanol–water partition coefficient (Wildman–Crippen LogP) is -0.0249. The Morgan fingerprint density at radius 1 is 1.43 bits per heavy atom. The van der Waals surface area contributed by atoms with Gasteiger partial charge < -0.3 is 10.4 Å². The van der Waals surface area contributed by atoms with Gasteiger partial charge in [-0.15, -0.1) is 0 Å². The first-order valence-electron chi connectivity index (χ1n) is 2.53. The average molecular weight is 103 g/mol. The zero-order chi connectivity index (χ0) is 5.86. The molecule has 0 aliphatic heterocycles. The molecule has 0 fully saturated rings. The summed E-state index contributed by atoms with van der Waals surface area (Å²) in [5, 5.41) is 11.7. The first kappa shape index (κ1) is 6.92. The third kappa shape index (κ3) is 2.60. The van der Waals surface area contributed by atoms with Gasteiger partial charge in [-0.05, 0) is 20.9 Å². The fraction of sp³-hybridized carbons (Fsp3) is 1.00. The largest absolute Gasteiger partial charge is 0.392 e. The van der Waals surface area contributed by atoms with E-state index in [1.54, 1.807) is 6.92 Å². The molecule has 44 valence electrons. The van der Waals surface area contributed by atoms with E-state index in [4.69, 9.17) is 5.11 Å². The summed E-state index contributed by atoms with van der Waals surface area (Å²) in [6, 6.07) is 0.208. The zero-order valence-electron chi connectivity index (χ0n) is 5.10. The molecule has 0 aromatic heterocycles. The summed E-state index contributed by atoms with van der Waals surface area (Å²) < 4.78 is 0. The molecule has 0 aromatic carbocycles. The lowest BCUT2D eigenvalue weighted by atomic mass is 10.2. The second-order valence-electron chi connectivity index (χ2n) is 1.82. The Morgan fingerprint density at radius 3 is 1.86 bits per heavy atom. The first-order chi connectivity index (χ1) is 3.18. The van der Waals surface area contributed by atoms with Crippen LogP contribution in [0.15, 0.2) is 0 Å². The summed E-state index contributed by atoms with van der Waals surface area (Å²) in [5.74, 6) is 0. The number of rotatable bonds is 2. The van der Waals surface area contributed by atoms with Crippen molar-refractivity contribution in [2.75, 3.05) is 7.05 Å². The quantitative estimate of drug-likeness (QED) is 0.514. The Morgan fingerprint density at radius 2 is 1.86 bits per heavy atom. The standard InChI is InChI=1S/C5H13NO/c1-4(6-3)5(2)7/h4-7H,1-3H3/t4-,5+/m0/s1. The van der Waals surface area contributed by atoms with Crippen molar-refractivity contribution in [1.82, 2.24) is 5.32 Å². The summed E-state index contributed by atoms with van der Waals surface area (Å²) >= 11 is 0. The molecule has 0 aromatic rings. The molecular formula is C5H13NO. The van der Waals surface area contributed by atoms with Gasteiger partial charge >= 0.3 is 0 Å². The van der Waals surface area contributed by atoms with Gasteiger partial charge in [0.15, 0.2) is 0 Å². The van der Waals surface area contributed by atoms with Crippen LogP contribution in [0.3, 0.4) is 0 Å². The maximum atomic E-state index is 8.76. The van der Waals surface area contributed by atoms with Gasteiger partial charge in [-0.2, -0.15) is 0 Å². The average Bonchev–Trinajstić information content (AvgIpc) is 1.65. The van der Waals surface area contributed by atoms with Crippen LogP contribution in [0.4, 0.5) is 0 Å². The van der Waals surface area contributed by atoms with E-state index in [1.807, 2.05) is 14.0 Å². The second kappa shape index (κ2) is 2.99. The SMILES string of the molecule is CN[C@@H](C)[C@@H](C)O. The molecule has 0 bridgehead atoms. The van der Waals surface area contributed by atoms with E-state index < -0.39 is 0 Å². The lowest BCUT2D eigenvalue weighted by molar-refractivity contribution is 0.157. The molecule has 2 atom stereocenters. The summed E-state index contributed by atoms with van der Waals surface area (Å²) in [4.78, 5) is 0. The summed E-state index contributed by atoms with van der Waals surface area (Å²) in [5.41, 5.74) is 0. The van der Waals surface area contributed by atoms with Gasteiger partial charge in [-0.1, -0.05) is 0 Å². The molecule has 0 amide bonds. The van der Waals surface area contributed by atoms with Gasteiger partial charge in [-0.3, -0.25) is 0 Å². The third-order valence-corrected chi connectivity index (χ3v) is 1.18. The van der Waals surface area contributed by atoms with Crippen molar-refractivity contribution in [2.24, 2.45) is 0 Å². The molecule has 0 heterocycles. The number of nitrogens with one attached hydrogen (secondary N) is 1. The molecule has 0 rings (SSSR count). The summed E-state index contributed by atoms with van der Waals surface area (Å²) in [7, 11) is 1.83. The van der Waals surface area contributed by atoms with E-state index in [-0.39, 0.29) is 12.1 Å². The van der Waals surface area contributed by atoms with Crippen LogP contribution in [-0.2, 0) is 0 Å². The lowest BCUT2D eigenvalue weighted by Gasteiger charge is -2.11. The molecule has 0 unspecified atom stereocenters. The van der Waals surface area contributed by atoms with Crippen molar-refractivity contribution in [2.45, 2.75) is 26.0 Å². The van der Waals surface area contributed by atoms with Crippen molar-refractivity contribution < 1.29 is 5.11 Å². The minimum absolute atomic E-state index is 0.208. The smallest absolute Gasteiger partial charge is 0.0662 e. The maximum absolute atomic E-state index is 8.76. The van der Waals surface area contributed by atoms with E-state index in [0.717, 1.165) is 0 Å². The van der Waals surface area contributed by atoms with Crippen LogP contribution in [0.1, 0.15) is 13.8 Å². The van der Waals surface area contributed by atoms with Gasteiger partial charge in [-0.25, -0.2) is 0 Å². The predicted molar refractivity (Wildman–Crippen MR) is 30.2 cm³/mol. The third-order valence-electron chi connectivity index (χ3n) is 1.18. The van der Waals surface area contributed by atoms with Crippen LogP contribution in [-0.4, -0.2) is 24.3 Å². The van der Waals surface area contributed by atoms with Gasteiger partial charge in [0.25, 0.3) is 0 Å². The van der Waals surface area contributed by atoms with Crippen LogP contribution in [0.5, 0.6) is 0 Å². The Labute approximate surface area is 44.5 Å². The second-order valence-corrected chi connectivity index (χ2v) is 1.82. The van der Waals surface area contributed by atoms with Gasteiger partial charge in [0.2, 0.25) is 0 Å². The Kier molecular flexibility index (Phi) is 2.96. The first-order valence-corrected chi connectivity index (χ1v) is 2.53. The van der Waals surface area contributed by atoms with Crippen LogP contribution in [0.25, 0.3) is 0 Å². The highest BCUT2D eigenvalue weighted by Crippen LogP contribution is 1.86. The lowest BCUT2D eigenvalue weighted by Crippen LogP contribution is -2.32. The van der Waals surface area contributed by atoms with Crippen molar-refractivity contribution in [1.29, 1.82) is 0 Å². The number of hydrogen-bond donors (Lipinski definition) is 2. The van der Waals surface area contributed by atoms with Crippen LogP contribution < -0.4 is 5.32 Å². The molecule has 2 heteroatoms. The molecule has 0 saturated carbocycles. The molecule has 2 nitrogen and oxygen atoms in total. The number of hydrogen-bond acceptors (Lipinski definition) is 2.